The van der Waals surface area contributed by atoms with Crippen molar-refractivity contribution in [3.63, 3.8) is 0 Å². The fourth-order valence-corrected chi connectivity index (χ4v) is 12.9. The van der Waals surface area contributed by atoms with Gasteiger partial charge in [0.05, 0.1) is 0 Å². The van der Waals surface area contributed by atoms with E-state index in [-0.39, 0.29) is 5.41 Å². The Kier molecular flexibility index (Phi) is 6.70. The van der Waals surface area contributed by atoms with Gasteiger partial charge in [-0.1, -0.05) is 121 Å². The smallest absolute Gasteiger partial charge is 0.180 e. The summed E-state index contributed by atoms with van der Waals surface area (Å²) in [5.74, 6) is 3.70. The van der Waals surface area contributed by atoms with E-state index in [1.807, 2.05) is 12.1 Å². The molecule has 4 bridgehead atoms. The topological polar surface area (TPSA) is 52.1 Å². The molecule has 0 N–H and O–H groups in total. The summed E-state index contributed by atoms with van der Waals surface area (Å²) in [5.41, 5.74) is 17.1. The molecule has 286 valence electrons. The third-order valence-corrected chi connectivity index (χ3v) is 15.1. The molecule has 0 saturated heterocycles. The van der Waals surface area contributed by atoms with Crippen molar-refractivity contribution >= 4 is 44.0 Å². The first kappa shape index (κ1) is 33.1. The average Bonchev–Trinajstić information content (AvgIpc) is 3.96. The van der Waals surface area contributed by atoms with Crippen molar-refractivity contribution in [2.75, 3.05) is 0 Å². The van der Waals surface area contributed by atoms with Crippen LogP contribution >= 0.6 is 0 Å². The highest BCUT2D eigenvalue weighted by Gasteiger charge is 2.61. The van der Waals surface area contributed by atoms with Crippen LogP contribution in [0.25, 0.3) is 100 Å². The van der Waals surface area contributed by atoms with Gasteiger partial charge < -0.3 is 8.83 Å². The Balaban J connectivity index is 1.09. The lowest BCUT2D eigenvalue weighted by Gasteiger charge is -2.61. The van der Waals surface area contributed by atoms with E-state index in [1.165, 1.54) is 54.4 Å². The van der Waals surface area contributed by atoms with Gasteiger partial charge in [-0.25, -0.2) is 9.97 Å². The molecule has 10 aromatic rings. The zero-order valence-corrected chi connectivity index (χ0v) is 33.1. The lowest BCUT2D eigenvalue weighted by Crippen LogP contribution is -2.55. The first-order chi connectivity index (χ1) is 29.7. The highest BCUT2D eigenvalue weighted by atomic mass is 16.3. The molecular formula is C56H40N2O2. The minimum Gasteiger partial charge on any atom is -0.455 e. The lowest BCUT2D eigenvalue weighted by atomic mass is 9.43. The van der Waals surface area contributed by atoms with Crippen LogP contribution in [0.3, 0.4) is 0 Å². The molecule has 0 atom stereocenters. The fourth-order valence-electron chi connectivity index (χ4n) is 12.9. The summed E-state index contributed by atoms with van der Waals surface area (Å²) in [6.07, 6.45) is 6.74. The third kappa shape index (κ3) is 4.46. The number of furan rings is 2. The van der Waals surface area contributed by atoms with Gasteiger partial charge in [0.15, 0.2) is 11.4 Å². The SMILES string of the molecule is c1ccc(-c2cccc(-c3nc(-c4cc5c(cc4-c4cccc6c4oc4ccccc46)C4(c6ccccc6-5)C5CC6CC(C5)CC4C6)nc4c3oc3ccccc34)c2)cc1. The summed E-state index contributed by atoms with van der Waals surface area (Å²) in [6, 6.07) is 56.9. The Labute approximate surface area is 347 Å². The van der Waals surface area contributed by atoms with Crippen LogP contribution < -0.4 is 0 Å². The first-order valence-corrected chi connectivity index (χ1v) is 21.7. The summed E-state index contributed by atoms with van der Waals surface area (Å²) in [4.78, 5) is 11.1. The second-order valence-corrected chi connectivity index (χ2v) is 18.1. The number of hydrogen-bond donors (Lipinski definition) is 0. The normalized spacial score (nSPS) is 22.4. The van der Waals surface area contributed by atoms with Gasteiger partial charge in [0.2, 0.25) is 0 Å². The Morgan fingerprint density at radius 2 is 1.05 bits per heavy atom. The molecule has 0 unspecified atom stereocenters. The zero-order valence-electron chi connectivity index (χ0n) is 33.1. The molecule has 7 aromatic carbocycles. The maximum atomic E-state index is 6.85. The summed E-state index contributed by atoms with van der Waals surface area (Å²) in [5, 5.41) is 3.24. The number of rotatable bonds is 4. The van der Waals surface area contributed by atoms with Crippen LogP contribution in [-0.2, 0) is 5.41 Å². The van der Waals surface area contributed by atoms with Crippen molar-refractivity contribution in [3.8, 4) is 56.0 Å². The Bertz CT molecular complexity index is 3380. The van der Waals surface area contributed by atoms with Gasteiger partial charge in [0.25, 0.3) is 0 Å². The molecule has 5 aliphatic rings. The largest absolute Gasteiger partial charge is 0.455 e. The van der Waals surface area contributed by atoms with Crippen LogP contribution in [0, 0.1) is 23.7 Å². The standard InChI is InChI=1S/C56H40N2O2/c1-2-12-34(13-3-1)35-14-10-15-36(29-35)51-54-52(43-18-6-9-23-50(43)60-54)58-55(57-51)46-30-45-39-16-4-7-21-47(39)56(37-25-32-24-33(27-37)28-38(56)26-32)48(45)31-44(46)42-20-11-19-41-40-17-5-8-22-49(40)59-53(41)42/h1-23,29-33,37-38H,24-28H2. The van der Waals surface area contributed by atoms with Crippen molar-refractivity contribution < 1.29 is 8.83 Å². The van der Waals surface area contributed by atoms with Crippen LogP contribution in [0.5, 0.6) is 0 Å². The molecule has 0 amide bonds. The van der Waals surface area contributed by atoms with Crippen molar-refractivity contribution in [1.29, 1.82) is 0 Å². The second kappa shape index (κ2) is 12.1. The molecule has 5 aliphatic carbocycles. The molecule has 60 heavy (non-hydrogen) atoms. The van der Waals surface area contributed by atoms with Crippen LogP contribution in [0.2, 0.25) is 0 Å². The zero-order chi connectivity index (χ0) is 39.1. The maximum Gasteiger partial charge on any atom is 0.180 e. The molecule has 3 heterocycles. The lowest BCUT2D eigenvalue weighted by molar-refractivity contribution is -0.0399. The summed E-state index contributed by atoms with van der Waals surface area (Å²) in [7, 11) is 0. The molecule has 0 aliphatic heterocycles. The van der Waals surface area contributed by atoms with Gasteiger partial charge in [-0.2, -0.15) is 0 Å². The van der Waals surface area contributed by atoms with Crippen molar-refractivity contribution in [3.05, 3.63) is 169 Å². The van der Waals surface area contributed by atoms with Gasteiger partial charge >= 0.3 is 0 Å². The molecule has 1 spiro atoms. The van der Waals surface area contributed by atoms with Gasteiger partial charge in [-0.05, 0) is 131 Å². The van der Waals surface area contributed by atoms with E-state index < -0.39 is 0 Å². The molecular weight excluding hydrogens is 733 g/mol. The maximum absolute atomic E-state index is 6.85. The van der Waals surface area contributed by atoms with E-state index in [1.54, 1.807) is 0 Å². The van der Waals surface area contributed by atoms with E-state index >= 15 is 0 Å². The van der Waals surface area contributed by atoms with Crippen LogP contribution in [0.1, 0.15) is 43.2 Å². The minimum absolute atomic E-state index is 0.00299. The van der Waals surface area contributed by atoms with Crippen LogP contribution in [0.15, 0.2) is 167 Å². The molecule has 15 rings (SSSR count). The molecule has 4 fully saturated rings. The van der Waals surface area contributed by atoms with E-state index in [0.717, 1.165) is 89.3 Å². The monoisotopic (exact) mass is 772 g/mol. The van der Waals surface area contributed by atoms with Crippen LogP contribution in [0.4, 0.5) is 0 Å². The van der Waals surface area contributed by atoms with E-state index in [2.05, 4.69) is 146 Å². The van der Waals surface area contributed by atoms with E-state index in [4.69, 9.17) is 18.8 Å². The first-order valence-electron chi connectivity index (χ1n) is 21.7. The number of hydrogen-bond acceptors (Lipinski definition) is 4. The van der Waals surface area contributed by atoms with E-state index in [9.17, 15) is 0 Å². The molecule has 3 aromatic heterocycles. The molecule has 4 nitrogen and oxygen atoms in total. The van der Waals surface area contributed by atoms with Crippen molar-refractivity contribution in [2.45, 2.75) is 37.5 Å². The summed E-state index contributed by atoms with van der Waals surface area (Å²) in [6.45, 7) is 0. The van der Waals surface area contributed by atoms with Crippen molar-refractivity contribution in [1.82, 2.24) is 9.97 Å². The average molecular weight is 773 g/mol. The third-order valence-electron chi connectivity index (χ3n) is 15.1. The number of para-hydroxylation sites is 3. The van der Waals surface area contributed by atoms with E-state index in [0.29, 0.717) is 23.2 Å². The Hall–Kier alpha value is -6.78. The van der Waals surface area contributed by atoms with Gasteiger partial charge in [-0.15, -0.1) is 0 Å². The quantitative estimate of drug-likeness (QED) is 0.179. The summed E-state index contributed by atoms with van der Waals surface area (Å²) < 4.78 is 13.5. The number of benzene rings is 7. The van der Waals surface area contributed by atoms with Gasteiger partial charge in [0.1, 0.15) is 28.0 Å². The number of fused-ring (bicyclic) bond motifs is 9. The van der Waals surface area contributed by atoms with Gasteiger partial charge in [-0.3, -0.25) is 0 Å². The predicted octanol–water partition coefficient (Wildman–Crippen LogP) is 14.7. The molecule has 4 heteroatoms. The van der Waals surface area contributed by atoms with Crippen LogP contribution in [-0.4, -0.2) is 9.97 Å². The highest BCUT2D eigenvalue weighted by molar-refractivity contribution is 6.12. The summed E-state index contributed by atoms with van der Waals surface area (Å²) >= 11 is 0. The highest BCUT2D eigenvalue weighted by Crippen LogP contribution is 2.70. The van der Waals surface area contributed by atoms with Gasteiger partial charge in [0, 0.05) is 38.3 Å². The second-order valence-electron chi connectivity index (χ2n) is 18.1. The molecule has 0 radical (unpaired) electrons. The minimum atomic E-state index is 0.00299. The predicted molar refractivity (Wildman–Crippen MR) is 242 cm³/mol. The molecule has 4 saturated carbocycles. The van der Waals surface area contributed by atoms with Crippen molar-refractivity contribution in [2.24, 2.45) is 23.7 Å². The fraction of sp³-hybridized carbons (Fsp3) is 0.179. The number of nitrogens with zero attached hydrogens (tertiary/aromatic N) is 2. The Morgan fingerprint density at radius 1 is 0.417 bits per heavy atom. The number of aromatic nitrogens is 2. The Morgan fingerprint density at radius 3 is 1.88 bits per heavy atom.